The zero-order valence-corrected chi connectivity index (χ0v) is 23.1. The number of nitrogens with one attached hydrogen (secondary N) is 1. The minimum atomic E-state index is 0.169. The molecule has 198 valence electrons. The second-order valence-corrected chi connectivity index (χ2v) is 7.82. The Balaban J connectivity index is 0.000000689. The molecular formula is C30H47N5O. The lowest BCUT2D eigenvalue weighted by atomic mass is 10.1. The lowest BCUT2D eigenvalue weighted by Gasteiger charge is -2.25. The third-order valence-electron chi connectivity index (χ3n) is 5.17. The van der Waals surface area contributed by atoms with Crippen molar-refractivity contribution < 1.29 is 5.11 Å². The second-order valence-electron chi connectivity index (χ2n) is 7.82. The van der Waals surface area contributed by atoms with Crippen molar-refractivity contribution in [2.24, 2.45) is 15.7 Å². The van der Waals surface area contributed by atoms with Crippen LogP contribution in [0.15, 0.2) is 83.5 Å². The maximum absolute atomic E-state index is 9.45. The number of H-pyrrole nitrogens is 1. The van der Waals surface area contributed by atoms with Gasteiger partial charge in [0.1, 0.15) is 5.84 Å². The van der Waals surface area contributed by atoms with Crippen molar-refractivity contribution >= 4 is 23.0 Å². The number of aromatic hydroxyl groups is 1. The Hall–Kier alpha value is -3.38. The van der Waals surface area contributed by atoms with Crippen LogP contribution in [0.5, 0.6) is 5.88 Å². The van der Waals surface area contributed by atoms with Crippen LogP contribution < -0.4 is 5.73 Å². The Morgan fingerprint density at radius 1 is 1.11 bits per heavy atom. The summed E-state index contributed by atoms with van der Waals surface area (Å²) in [6.07, 6.45) is 11.0. The first-order valence-corrected chi connectivity index (χ1v) is 12.8. The number of rotatable bonds is 7. The quantitative estimate of drug-likeness (QED) is 0.168. The number of aromatic amines is 1. The minimum Gasteiger partial charge on any atom is -0.495 e. The largest absolute Gasteiger partial charge is 0.495 e. The molecule has 1 aromatic carbocycles. The van der Waals surface area contributed by atoms with Gasteiger partial charge in [0, 0.05) is 35.3 Å². The number of amidine groups is 1. The van der Waals surface area contributed by atoms with E-state index in [1.54, 1.807) is 24.4 Å². The highest BCUT2D eigenvalue weighted by molar-refractivity contribution is 6.00. The van der Waals surface area contributed by atoms with Gasteiger partial charge in [0.2, 0.25) is 0 Å². The van der Waals surface area contributed by atoms with E-state index >= 15 is 0 Å². The van der Waals surface area contributed by atoms with Gasteiger partial charge in [-0.05, 0) is 70.5 Å². The summed E-state index contributed by atoms with van der Waals surface area (Å²) < 4.78 is 0. The molecule has 0 spiro atoms. The molecule has 0 radical (unpaired) electrons. The number of fused-ring (bicyclic) bond motifs is 1. The molecule has 0 atom stereocenters. The van der Waals surface area contributed by atoms with Crippen molar-refractivity contribution in [3.05, 3.63) is 79.1 Å². The average Bonchev–Trinajstić information content (AvgIpc) is 3.28. The van der Waals surface area contributed by atoms with E-state index in [9.17, 15) is 5.11 Å². The molecule has 1 fully saturated rings. The molecule has 3 rings (SSSR count). The molecule has 36 heavy (non-hydrogen) atoms. The first-order chi connectivity index (χ1) is 17.4. The van der Waals surface area contributed by atoms with Gasteiger partial charge in [0.25, 0.3) is 0 Å². The maximum atomic E-state index is 9.45. The van der Waals surface area contributed by atoms with Crippen LogP contribution in [-0.2, 0) is 0 Å². The zero-order valence-electron chi connectivity index (χ0n) is 23.1. The van der Waals surface area contributed by atoms with E-state index in [2.05, 4.69) is 39.6 Å². The zero-order chi connectivity index (χ0) is 27.3. The molecule has 4 N–H and O–H groups in total. The fourth-order valence-electron chi connectivity index (χ4n) is 3.45. The Morgan fingerprint density at radius 3 is 2.31 bits per heavy atom. The molecule has 6 nitrogen and oxygen atoms in total. The molecular weight excluding hydrogens is 446 g/mol. The number of hydrogen-bond acceptors (Lipinski definition) is 4. The third kappa shape index (κ3) is 12.4. The fraction of sp³-hybridized carbons (Fsp3) is 0.400. The van der Waals surface area contributed by atoms with E-state index < -0.39 is 0 Å². The van der Waals surface area contributed by atoms with Crippen LogP contribution in [0.1, 0.15) is 59.4 Å². The van der Waals surface area contributed by atoms with Gasteiger partial charge in [-0.1, -0.05) is 51.7 Å². The third-order valence-corrected chi connectivity index (χ3v) is 5.17. The summed E-state index contributed by atoms with van der Waals surface area (Å²) in [5, 5.41) is 10.4. The van der Waals surface area contributed by atoms with Crippen LogP contribution in [0.3, 0.4) is 0 Å². The van der Waals surface area contributed by atoms with Gasteiger partial charge in [0.15, 0.2) is 5.88 Å². The summed E-state index contributed by atoms with van der Waals surface area (Å²) in [4.78, 5) is 13.9. The van der Waals surface area contributed by atoms with Crippen LogP contribution in [-0.4, -0.2) is 53.2 Å². The fourth-order valence-corrected chi connectivity index (χ4v) is 3.45. The average molecular weight is 494 g/mol. The van der Waals surface area contributed by atoms with Gasteiger partial charge in [0.05, 0.1) is 12.2 Å². The molecule has 6 heteroatoms. The van der Waals surface area contributed by atoms with Gasteiger partial charge < -0.3 is 20.7 Å². The van der Waals surface area contributed by atoms with E-state index in [1.807, 2.05) is 58.9 Å². The number of hydrogen-bond donors (Lipinski definition) is 3. The number of piperidine rings is 1. The summed E-state index contributed by atoms with van der Waals surface area (Å²) in [5.74, 6) is 0.734. The van der Waals surface area contributed by atoms with Crippen LogP contribution in [0.4, 0.5) is 0 Å². The predicted molar refractivity (Wildman–Crippen MR) is 160 cm³/mol. The van der Waals surface area contributed by atoms with Crippen LogP contribution in [0.2, 0.25) is 0 Å². The molecule has 1 aromatic heterocycles. The Kier molecular flexibility index (Phi) is 18.0. The van der Waals surface area contributed by atoms with Crippen molar-refractivity contribution in [1.82, 2.24) is 9.88 Å². The first-order valence-electron chi connectivity index (χ1n) is 12.8. The van der Waals surface area contributed by atoms with Gasteiger partial charge in [-0.25, -0.2) is 0 Å². The summed E-state index contributed by atoms with van der Waals surface area (Å²) in [5.41, 5.74) is 9.62. The number of allylic oxidation sites excluding steroid dienone is 3. The summed E-state index contributed by atoms with van der Waals surface area (Å²) in [6.45, 7) is 24.5. The van der Waals surface area contributed by atoms with E-state index in [0.717, 1.165) is 40.8 Å². The Bertz CT molecular complexity index is 1010. The standard InChI is InChI=1S/C16H22N4O.C9H13N.C3H6.C2H6/c17-16(18-6-9-20-7-2-1-3-8-20)12-4-5-14-13(10-12)11-15(21)19-14;1-5-8(4)9(6-2)10-7-3;1-3-2;1-2/h4-5,10-11,19,21H,1-3,6-9H2,(H2,17,18);5-7H,1,4H2,2-3H3;3H,1H2,2H3;1-2H3/b;9-6+,10-7?;;. The van der Waals surface area contributed by atoms with E-state index in [4.69, 9.17) is 5.73 Å². The number of nitrogens with two attached hydrogens (primary N) is 1. The molecule has 1 saturated heterocycles. The highest BCUT2D eigenvalue weighted by Gasteiger charge is 2.09. The van der Waals surface area contributed by atoms with Gasteiger partial charge in [-0.2, -0.15) is 0 Å². The van der Waals surface area contributed by atoms with Gasteiger partial charge in [-0.15, -0.1) is 6.58 Å². The molecule has 0 aliphatic carbocycles. The van der Waals surface area contributed by atoms with Crippen LogP contribution in [0, 0.1) is 0 Å². The van der Waals surface area contributed by atoms with Crippen LogP contribution >= 0.6 is 0 Å². The molecule has 2 aromatic rings. The Labute approximate surface area is 218 Å². The predicted octanol–water partition coefficient (Wildman–Crippen LogP) is 7.01. The summed E-state index contributed by atoms with van der Waals surface area (Å²) >= 11 is 0. The monoisotopic (exact) mass is 493 g/mol. The van der Waals surface area contributed by atoms with E-state index in [-0.39, 0.29) is 5.88 Å². The number of nitrogens with zero attached hydrogens (tertiary/aromatic N) is 3. The molecule has 0 amide bonds. The van der Waals surface area contributed by atoms with Crippen molar-refractivity contribution in [2.75, 3.05) is 26.2 Å². The Morgan fingerprint density at radius 2 is 1.75 bits per heavy atom. The number of benzene rings is 1. The van der Waals surface area contributed by atoms with Crippen molar-refractivity contribution in [3.63, 3.8) is 0 Å². The van der Waals surface area contributed by atoms with Gasteiger partial charge >= 0.3 is 0 Å². The minimum absolute atomic E-state index is 0.169. The van der Waals surface area contributed by atoms with Crippen molar-refractivity contribution in [1.29, 1.82) is 0 Å². The molecule has 2 heterocycles. The van der Waals surface area contributed by atoms with E-state index in [1.165, 1.54) is 32.4 Å². The molecule has 0 saturated carbocycles. The van der Waals surface area contributed by atoms with Gasteiger partial charge in [-0.3, -0.25) is 9.98 Å². The van der Waals surface area contributed by atoms with Crippen LogP contribution in [0.25, 0.3) is 10.9 Å². The number of aliphatic imine (C=N–C) groups is 2. The van der Waals surface area contributed by atoms with E-state index in [0.29, 0.717) is 5.84 Å². The second kappa shape index (κ2) is 19.9. The summed E-state index contributed by atoms with van der Waals surface area (Å²) in [7, 11) is 0. The maximum Gasteiger partial charge on any atom is 0.189 e. The first kappa shape index (κ1) is 32.6. The molecule has 1 aliphatic heterocycles. The highest BCUT2D eigenvalue weighted by atomic mass is 16.3. The van der Waals surface area contributed by atoms with Crippen molar-refractivity contribution in [2.45, 2.75) is 53.9 Å². The highest BCUT2D eigenvalue weighted by Crippen LogP contribution is 2.20. The summed E-state index contributed by atoms with van der Waals surface area (Å²) in [6, 6.07) is 7.49. The molecule has 0 unspecified atom stereocenters. The molecule has 1 aliphatic rings. The number of aromatic nitrogens is 1. The topological polar surface area (TPSA) is 90.0 Å². The smallest absolute Gasteiger partial charge is 0.189 e. The number of likely N-dealkylation sites (tertiary alicyclic amines) is 1. The lowest BCUT2D eigenvalue weighted by molar-refractivity contribution is 0.235. The SMILES string of the molecule is C=CC.C=CC(=C)/C(=C\C)N=CC.CC.NC(=NCCN1CCCCC1)c1ccc2[nH]c(O)cc2c1. The van der Waals surface area contributed by atoms with Crippen molar-refractivity contribution in [3.8, 4) is 5.88 Å². The molecule has 0 bridgehead atoms. The lowest BCUT2D eigenvalue weighted by Crippen LogP contribution is -2.32. The normalized spacial score (nSPS) is 14.0.